The van der Waals surface area contributed by atoms with Crippen LogP contribution in [-0.2, 0) is 19.6 Å². The number of nitrogens with zero attached hydrogens (tertiary/aromatic N) is 1. The van der Waals surface area contributed by atoms with E-state index in [0.717, 1.165) is 9.13 Å². The number of fused-ring (bicyclic) bond motifs is 1. The van der Waals surface area contributed by atoms with Crippen molar-refractivity contribution in [3.63, 3.8) is 0 Å². The predicted octanol–water partition coefficient (Wildman–Crippen LogP) is 5.60. The quantitative estimate of drug-likeness (QED) is 0.331. The molecule has 1 N–H and O–H groups in total. The number of halogens is 2. The standard InChI is InChI=1S/C29H29FINO6S/c1-19-4-3-5-23(14-19)39(35,36)32-18-22(17-29(28(33)34)10-12-37-13-11-29)38-27-9-6-20(15-26(27)32)24-16-21(30)7-8-25(24)31-2/h3-9,14-16,22H,2,10-13,17-18H2,1H3,(H,33,34)/t22-/m0/s1. The number of aryl methyl sites for hydroxylation is 1. The maximum Gasteiger partial charge on any atom is 0.309 e. The minimum atomic E-state index is -4.03. The van der Waals surface area contributed by atoms with Gasteiger partial charge in [0.15, 0.2) is 0 Å². The van der Waals surface area contributed by atoms with E-state index >= 15 is 0 Å². The fraction of sp³-hybridized carbons (Fsp3) is 0.310. The van der Waals surface area contributed by atoms with E-state index in [9.17, 15) is 22.7 Å². The Kier molecular flexibility index (Phi) is 7.80. The highest BCUT2D eigenvalue weighted by atomic mass is 127. The molecular formula is C29H29FINO6S. The summed E-state index contributed by atoms with van der Waals surface area (Å²) in [5, 5.41) is 10.1. The Bertz CT molecular complexity index is 1540. The molecule has 1 saturated heterocycles. The molecule has 0 radical (unpaired) electrons. The molecular weight excluding hydrogens is 636 g/mol. The Balaban J connectivity index is 1.61. The number of hydrogen-bond donors (Lipinski definition) is 1. The molecule has 39 heavy (non-hydrogen) atoms. The maximum absolute atomic E-state index is 14.2. The average Bonchev–Trinajstić information content (AvgIpc) is 2.92. The fourth-order valence-electron chi connectivity index (χ4n) is 5.25. The zero-order valence-electron chi connectivity index (χ0n) is 21.4. The number of benzene rings is 3. The maximum atomic E-state index is 14.2. The summed E-state index contributed by atoms with van der Waals surface area (Å²) in [6.07, 6.45) is 0.115. The fourth-order valence-corrected chi connectivity index (χ4v) is 8.17. The number of carboxylic acids is 1. The number of ether oxygens (including phenoxy) is 2. The van der Waals surface area contributed by atoms with Crippen molar-refractivity contribution in [3.05, 3.63) is 75.6 Å². The van der Waals surface area contributed by atoms with Gasteiger partial charge in [0.05, 0.1) is 22.5 Å². The first-order valence-electron chi connectivity index (χ1n) is 12.5. The molecule has 1 atom stereocenters. The van der Waals surface area contributed by atoms with Crippen LogP contribution in [0.5, 0.6) is 5.75 Å². The Hall–Kier alpha value is -2.83. The highest BCUT2D eigenvalue weighted by molar-refractivity contribution is 14.2. The topological polar surface area (TPSA) is 93.1 Å². The summed E-state index contributed by atoms with van der Waals surface area (Å²) in [6, 6.07) is 16.4. The van der Waals surface area contributed by atoms with Crippen LogP contribution in [0.3, 0.4) is 0 Å². The average molecular weight is 666 g/mol. The summed E-state index contributed by atoms with van der Waals surface area (Å²) >= 11 is -0.614. The van der Waals surface area contributed by atoms with Gasteiger partial charge in [0.25, 0.3) is 10.0 Å². The van der Waals surface area contributed by atoms with E-state index in [1.54, 1.807) is 42.5 Å². The first-order chi connectivity index (χ1) is 18.6. The number of hydrogen-bond acceptors (Lipinski definition) is 5. The van der Waals surface area contributed by atoms with Crippen LogP contribution in [-0.4, -0.2) is 49.9 Å². The zero-order valence-corrected chi connectivity index (χ0v) is 24.4. The third-order valence-corrected chi connectivity index (χ3v) is 10.9. The van der Waals surface area contributed by atoms with Crippen LogP contribution >= 0.6 is 20.7 Å². The number of carbonyl (C=O) groups is 1. The first kappa shape index (κ1) is 27.7. The van der Waals surface area contributed by atoms with Gasteiger partial charge in [-0.25, -0.2) is 12.8 Å². The van der Waals surface area contributed by atoms with Crippen molar-refractivity contribution in [2.45, 2.75) is 37.2 Å². The third-order valence-electron chi connectivity index (χ3n) is 7.37. The first-order valence-corrected chi connectivity index (χ1v) is 16.6. The van der Waals surface area contributed by atoms with Crippen molar-refractivity contribution < 1.29 is 32.2 Å². The van der Waals surface area contributed by atoms with Crippen LogP contribution in [0.1, 0.15) is 24.8 Å². The lowest BCUT2D eigenvalue weighted by atomic mass is 9.75. The van der Waals surface area contributed by atoms with E-state index in [0.29, 0.717) is 48.6 Å². The Labute approximate surface area is 237 Å². The van der Waals surface area contributed by atoms with Gasteiger partial charge in [-0.3, -0.25) is 9.10 Å². The molecule has 0 saturated carbocycles. The van der Waals surface area contributed by atoms with Gasteiger partial charge in [-0.1, -0.05) is 43.4 Å². The smallest absolute Gasteiger partial charge is 0.309 e. The Morgan fingerprint density at radius 1 is 1.15 bits per heavy atom. The van der Waals surface area contributed by atoms with Gasteiger partial charge in [0, 0.05) is 23.2 Å². The number of aliphatic carboxylic acids is 1. The molecule has 2 heterocycles. The molecule has 3 aromatic rings. The molecule has 0 bridgehead atoms. The highest BCUT2D eigenvalue weighted by Crippen LogP contribution is 2.44. The summed E-state index contributed by atoms with van der Waals surface area (Å²) in [7, 11) is -4.03. The van der Waals surface area contributed by atoms with Crippen molar-refractivity contribution in [3.8, 4) is 16.9 Å². The molecule has 2 aliphatic rings. The van der Waals surface area contributed by atoms with Gasteiger partial charge in [0.1, 0.15) is 17.7 Å². The van der Waals surface area contributed by atoms with Crippen LogP contribution in [0.4, 0.5) is 10.1 Å². The minimum absolute atomic E-state index is 0.0547. The molecule has 1 fully saturated rings. The van der Waals surface area contributed by atoms with Gasteiger partial charge in [-0.05, 0) is 78.9 Å². The second kappa shape index (κ2) is 11.0. The molecule has 0 spiro atoms. The molecule has 2 aliphatic heterocycles. The lowest BCUT2D eigenvalue weighted by molar-refractivity contribution is -0.157. The lowest BCUT2D eigenvalue weighted by Gasteiger charge is -2.40. The summed E-state index contributed by atoms with van der Waals surface area (Å²) in [6.45, 7) is 2.42. The molecule has 5 rings (SSSR count). The van der Waals surface area contributed by atoms with E-state index in [-0.39, 0.29) is 23.7 Å². The summed E-state index contributed by atoms with van der Waals surface area (Å²) in [5.41, 5.74) is 1.39. The predicted molar refractivity (Wildman–Crippen MR) is 157 cm³/mol. The van der Waals surface area contributed by atoms with E-state index in [2.05, 4.69) is 4.51 Å². The normalized spacial score (nSPS) is 18.7. The Morgan fingerprint density at radius 2 is 1.92 bits per heavy atom. The van der Waals surface area contributed by atoms with E-state index in [4.69, 9.17) is 9.47 Å². The second-order valence-electron chi connectivity index (χ2n) is 9.93. The van der Waals surface area contributed by atoms with Crippen molar-refractivity contribution in [1.82, 2.24) is 0 Å². The van der Waals surface area contributed by atoms with Crippen molar-refractivity contribution in [1.29, 1.82) is 0 Å². The molecule has 206 valence electrons. The number of sulfonamides is 1. The van der Waals surface area contributed by atoms with E-state index < -0.39 is 48.2 Å². The van der Waals surface area contributed by atoms with Crippen LogP contribution in [0.25, 0.3) is 11.1 Å². The van der Waals surface area contributed by atoms with E-state index in [1.165, 1.54) is 16.4 Å². The van der Waals surface area contributed by atoms with Gasteiger partial charge in [0.2, 0.25) is 0 Å². The van der Waals surface area contributed by atoms with Gasteiger partial charge >= 0.3 is 5.97 Å². The van der Waals surface area contributed by atoms with Crippen molar-refractivity contribution >= 4 is 46.9 Å². The SMILES string of the molecule is C=Ic1ccc(F)cc1-c1ccc2c(c1)N(S(=O)(=O)c1cccc(C)c1)C[C@H](CC1(C(=O)O)CCOCC1)O2. The summed E-state index contributed by atoms with van der Waals surface area (Å²) < 4.78 is 60.3. The molecule has 10 heteroatoms. The monoisotopic (exact) mass is 665 g/mol. The molecule has 3 aromatic carbocycles. The van der Waals surface area contributed by atoms with Gasteiger partial charge in [-0.2, -0.15) is 0 Å². The van der Waals surface area contributed by atoms with Gasteiger partial charge < -0.3 is 14.6 Å². The largest absolute Gasteiger partial charge is 0.486 e. The van der Waals surface area contributed by atoms with E-state index in [1.807, 2.05) is 13.0 Å². The highest BCUT2D eigenvalue weighted by Gasteiger charge is 2.45. The van der Waals surface area contributed by atoms with Gasteiger partial charge in [-0.15, -0.1) is 0 Å². The number of anilines is 1. The third kappa shape index (κ3) is 5.46. The van der Waals surface area contributed by atoms with Crippen molar-refractivity contribution in [2.24, 2.45) is 5.41 Å². The number of carboxylic acid groups (broad SMARTS) is 1. The summed E-state index contributed by atoms with van der Waals surface area (Å²) in [5.74, 6) is -0.986. The minimum Gasteiger partial charge on any atom is -0.486 e. The number of rotatable bonds is 7. The molecule has 0 amide bonds. The van der Waals surface area contributed by atoms with Crippen LogP contribution in [0, 0.1) is 21.7 Å². The lowest BCUT2D eigenvalue weighted by Crippen LogP contribution is -2.48. The van der Waals surface area contributed by atoms with Crippen LogP contribution in [0.15, 0.2) is 65.6 Å². The molecule has 0 aliphatic carbocycles. The second-order valence-corrected chi connectivity index (χ2v) is 13.7. The zero-order chi connectivity index (χ0) is 27.8. The van der Waals surface area contributed by atoms with Crippen LogP contribution < -0.4 is 9.04 Å². The molecule has 7 nitrogen and oxygen atoms in total. The Morgan fingerprint density at radius 3 is 2.62 bits per heavy atom. The molecule has 0 unspecified atom stereocenters. The van der Waals surface area contributed by atoms with Crippen molar-refractivity contribution in [2.75, 3.05) is 24.1 Å². The van der Waals surface area contributed by atoms with Crippen LogP contribution in [0.2, 0.25) is 0 Å². The molecule has 0 aromatic heterocycles. The summed E-state index contributed by atoms with van der Waals surface area (Å²) in [4.78, 5) is 12.5.